The largest absolute Gasteiger partial charge is 0.355 e. The molecule has 1 amide bonds. The summed E-state index contributed by atoms with van der Waals surface area (Å²) in [6.07, 6.45) is 7.67. The molecule has 2 atom stereocenters. The third-order valence-corrected chi connectivity index (χ3v) is 6.47. The molecule has 8 heteroatoms. The molecule has 31 heavy (non-hydrogen) atoms. The summed E-state index contributed by atoms with van der Waals surface area (Å²) in [5, 5.41) is 4.83. The van der Waals surface area contributed by atoms with Gasteiger partial charge in [-0.15, -0.1) is 0 Å². The number of aryl methyl sites for hydroxylation is 2. The van der Waals surface area contributed by atoms with E-state index in [1.54, 1.807) is 6.20 Å². The van der Waals surface area contributed by atoms with Gasteiger partial charge in [0.15, 0.2) is 5.65 Å². The van der Waals surface area contributed by atoms with Gasteiger partial charge in [-0.25, -0.2) is 9.50 Å². The Labute approximate surface area is 182 Å². The second-order valence-electron chi connectivity index (χ2n) is 8.79. The fourth-order valence-electron chi connectivity index (χ4n) is 4.81. The number of likely N-dealkylation sites (tertiary alicyclic amines) is 1. The molecule has 2 saturated heterocycles. The Balaban J connectivity index is 1.48. The Morgan fingerprint density at radius 2 is 2.03 bits per heavy atom. The van der Waals surface area contributed by atoms with E-state index in [0.29, 0.717) is 5.69 Å². The Morgan fingerprint density at radius 3 is 2.81 bits per heavy atom. The van der Waals surface area contributed by atoms with Gasteiger partial charge in [0, 0.05) is 49.7 Å². The third kappa shape index (κ3) is 3.65. The lowest BCUT2D eigenvalue weighted by Crippen LogP contribution is -2.39. The van der Waals surface area contributed by atoms with Crippen LogP contribution in [0.15, 0.2) is 30.6 Å². The van der Waals surface area contributed by atoms with E-state index in [0.717, 1.165) is 73.6 Å². The van der Waals surface area contributed by atoms with E-state index in [9.17, 15) is 4.79 Å². The number of nitrogens with zero attached hydrogens (tertiary/aromatic N) is 6. The summed E-state index contributed by atoms with van der Waals surface area (Å²) in [7, 11) is 0. The zero-order valence-corrected chi connectivity index (χ0v) is 18.2. The highest BCUT2D eigenvalue weighted by Crippen LogP contribution is 2.32. The van der Waals surface area contributed by atoms with E-state index in [1.807, 2.05) is 40.7 Å². The number of anilines is 1. The fourth-order valence-corrected chi connectivity index (χ4v) is 4.81. The Hall–Kier alpha value is -3.00. The minimum Gasteiger partial charge on any atom is -0.355 e. The molecule has 0 spiro atoms. The van der Waals surface area contributed by atoms with Crippen molar-refractivity contribution < 1.29 is 4.79 Å². The second-order valence-corrected chi connectivity index (χ2v) is 8.79. The third-order valence-electron chi connectivity index (χ3n) is 6.47. The van der Waals surface area contributed by atoms with Crippen LogP contribution in [0.2, 0.25) is 0 Å². The topological polar surface area (TPSA) is 92.7 Å². The van der Waals surface area contributed by atoms with Gasteiger partial charge in [0.1, 0.15) is 11.5 Å². The maximum atomic E-state index is 13.3. The van der Waals surface area contributed by atoms with Gasteiger partial charge < -0.3 is 15.5 Å². The van der Waals surface area contributed by atoms with Gasteiger partial charge >= 0.3 is 0 Å². The molecule has 5 rings (SSSR count). The van der Waals surface area contributed by atoms with Crippen LogP contribution in [0.1, 0.15) is 59.0 Å². The van der Waals surface area contributed by atoms with Crippen LogP contribution >= 0.6 is 0 Å². The molecule has 3 aromatic heterocycles. The van der Waals surface area contributed by atoms with Crippen LogP contribution in [0.3, 0.4) is 0 Å². The van der Waals surface area contributed by atoms with Crippen LogP contribution in [0.4, 0.5) is 5.82 Å². The number of aromatic nitrogens is 4. The number of pyridine rings is 1. The molecule has 2 fully saturated rings. The van der Waals surface area contributed by atoms with Gasteiger partial charge in [0.25, 0.3) is 5.91 Å². The number of carbonyl (C=O) groups excluding carboxylic acids is 1. The van der Waals surface area contributed by atoms with E-state index >= 15 is 0 Å². The zero-order chi connectivity index (χ0) is 21.5. The van der Waals surface area contributed by atoms with Crippen molar-refractivity contribution in [3.05, 3.63) is 53.1 Å². The van der Waals surface area contributed by atoms with Gasteiger partial charge in [-0.05, 0) is 51.2 Å². The molecule has 2 N–H and O–H groups in total. The number of hydrogen-bond acceptors (Lipinski definition) is 6. The zero-order valence-electron chi connectivity index (χ0n) is 18.2. The molecule has 2 aliphatic rings. The van der Waals surface area contributed by atoms with Gasteiger partial charge in [0.2, 0.25) is 0 Å². The first kappa shape index (κ1) is 19.9. The van der Waals surface area contributed by atoms with E-state index in [1.165, 1.54) is 0 Å². The normalized spacial score (nSPS) is 21.8. The molecule has 2 unspecified atom stereocenters. The van der Waals surface area contributed by atoms with Crippen molar-refractivity contribution in [3.8, 4) is 0 Å². The number of nitrogens with two attached hydrogens (primary N) is 1. The quantitative estimate of drug-likeness (QED) is 0.702. The van der Waals surface area contributed by atoms with Crippen LogP contribution < -0.4 is 10.6 Å². The van der Waals surface area contributed by atoms with Crippen LogP contribution in [-0.4, -0.2) is 56.1 Å². The summed E-state index contributed by atoms with van der Waals surface area (Å²) >= 11 is 0. The lowest BCUT2D eigenvalue weighted by atomic mass is 9.98. The standard InChI is InChI=1S/C23H29N7O/c1-15-6-5-9-25-21(15)23(31)29-10-4-3-7-19(29)18-12-20-26-22(16(2)13-30(20)27-18)28-11-8-17(24)14-28/h5-6,9,12-13,17,19H,3-4,7-8,10-11,14,24H2,1-2H3. The van der Waals surface area contributed by atoms with Crippen molar-refractivity contribution in [1.29, 1.82) is 0 Å². The Bertz CT molecular complexity index is 1120. The van der Waals surface area contributed by atoms with Crippen molar-refractivity contribution in [2.24, 2.45) is 5.73 Å². The van der Waals surface area contributed by atoms with Crippen molar-refractivity contribution in [2.75, 3.05) is 24.5 Å². The van der Waals surface area contributed by atoms with Crippen LogP contribution in [0, 0.1) is 13.8 Å². The molecule has 162 valence electrons. The smallest absolute Gasteiger partial charge is 0.273 e. The van der Waals surface area contributed by atoms with Crippen LogP contribution in [-0.2, 0) is 0 Å². The van der Waals surface area contributed by atoms with Crippen LogP contribution in [0.5, 0.6) is 0 Å². The molecule has 5 heterocycles. The molecular weight excluding hydrogens is 390 g/mol. The van der Waals surface area contributed by atoms with E-state index in [4.69, 9.17) is 15.8 Å². The van der Waals surface area contributed by atoms with Crippen molar-refractivity contribution in [2.45, 2.75) is 51.6 Å². The highest BCUT2D eigenvalue weighted by atomic mass is 16.2. The van der Waals surface area contributed by atoms with Gasteiger partial charge in [-0.2, -0.15) is 5.10 Å². The first-order chi connectivity index (χ1) is 15.0. The summed E-state index contributed by atoms with van der Waals surface area (Å²) in [6.45, 7) is 6.48. The monoisotopic (exact) mass is 419 g/mol. The molecule has 0 saturated carbocycles. The van der Waals surface area contributed by atoms with E-state index < -0.39 is 0 Å². The van der Waals surface area contributed by atoms with Crippen molar-refractivity contribution in [3.63, 3.8) is 0 Å². The predicted molar refractivity (Wildman–Crippen MR) is 119 cm³/mol. The number of fused-ring (bicyclic) bond motifs is 1. The van der Waals surface area contributed by atoms with Crippen molar-refractivity contribution in [1.82, 2.24) is 24.5 Å². The SMILES string of the molecule is Cc1cccnc1C(=O)N1CCCCC1c1cc2nc(N3CCC(N)C3)c(C)cn2n1. The number of piperidine rings is 1. The highest BCUT2D eigenvalue weighted by Gasteiger charge is 2.32. The molecule has 8 nitrogen and oxygen atoms in total. The number of hydrogen-bond donors (Lipinski definition) is 1. The predicted octanol–water partition coefficient (Wildman–Crippen LogP) is 2.65. The van der Waals surface area contributed by atoms with Gasteiger partial charge in [-0.1, -0.05) is 6.07 Å². The number of carbonyl (C=O) groups is 1. The minimum absolute atomic E-state index is 0.0178. The summed E-state index contributed by atoms with van der Waals surface area (Å²) in [6, 6.07) is 5.96. The van der Waals surface area contributed by atoms with Gasteiger partial charge in [-0.3, -0.25) is 9.78 Å². The molecule has 0 bridgehead atoms. The lowest BCUT2D eigenvalue weighted by molar-refractivity contribution is 0.0598. The number of rotatable bonds is 3. The molecular formula is C23H29N7O. The molecule has 0 aliphatic carbocycles. The first-order valence-corrected chi connectivity index (χ1v) is 11.1. The fraction of sp³-hybridized carbons (Fsp3) is 0.478. The second kappa shape index (κ2) is 7.92. The summed E-state index contributed by atoms with van der Waals surface area (Å²) in [4.78, 5) is 26.8. The first-order valence-electron chi connectivity index (χ1n) is 11.1. The molecule has 0 aromatic carbocycles. The van der Waals surface area contributed by atoms with Crippen LogP contribution in [0.25, 0.3) is 5.65 Å². The summed E-state index contributed by atoms with van der Waals surface area (Å²) < 4.78 is 1.84. The van der Waals surface area contributed by atoms with Gasteiger partial charge in [0.05, 0.1) is 11.7 Å². The minimum atomic E-state index is -0.0617. The van der Waals surface area contributed by atoms with E-state index in [-0.39, 0.29) is 18.0 Å². The Kier molecular flexibility index (Phi) is 5.09. The summed E-state index contributed by atoms with van der Waals surface area (Å²) in [5.41, 5.74) is 10.3. The van der Waals surface area contributed by atoms with E-state index in [2.05, 4.69) is 16.8 Å². The maximum absolute atomic E-state index is 13.3. The molecule has 0 radical (unpaired) electrons. The highest BCUT2D eigenvalue weighted by molar-refractivity contribution is 5.94. The van der Waals surface area contributed by atoms with Crippen molar-refractivity contribution >= 4 is 17.4 Å². The number of amides is 1. The average molecular weight is 420 g/mol. The summed E-state index contributed by atoms with van der Waals surface area (Å²) in [5.74, 6) is 0.961. The maximum Gasteiger partial charge on any atom is 0.273 e. The Morgan fingerprint density at radius 1 is 1.16 bits per heavy atom. The molecule has 3 aromatic rings. The lowest BCUT2D eigenvalue weighted by Gasteiger charge is -2.34. The average Bonchev–Trinajstić information content (AvgIpc) is 3.38. The molecule has 2 aliphatic heterocycles.